The number of hydrogen-bond acceptors (Lipinski definition) is 2. The van der Waals surface area contributed by atoms with Crippen LogP contribution in [0.25, 0.3) is 10.8 Å². The lowest BCUT2D eigenvalue weighted by Crippen LogP contribution is -2.18. The molecule has 19 heavy (non-hydrogen) atoms. The first-order chi connectivity index (χ1) is 9.29. The summed E-state index contributed by atoms with van der Waals surface area (Å²) in [5.74, 6) is 0.0630. The number of carbonyl (C=O) groups excluding carboxylic acids is 1. The van der Waals surface area contributed by atoms with Crippen molar-refractivity contribution in [2.24, 2.45) is 0 Å². The smallest absolute Gasteiger partial charge is 0.225 e. The third-order valence-electron chi connectivity index (χ3n) is 3.75. The second-order valence-corrected chi connectivity index (χ2v) is 5.01. The molecule has 2 aromatic carbocycles. The van der Waals surface area contributed by atoms with Gasteiger partial charge in [-0.1, -0.05) is 24.3 Å². The van der Waals surface area contributed by atoms with Gasteiger partial charge in [-0.25, -0.2) is 0 Å². The SMILES string of the molecule is CNCCC(=O)Nc1ccc2c3c(cccc13)CC2. The molecule has 1 aliphatic rings. The Morgan fingerprint density at radius 3 is 2.74 bits per heavy atom. The van der Waals surface area contributed by atoms with Crippen LogP contribution in [0.1, 0.15) is 17.5 Å². The van der Waals surface area contributed by atoms with Gasteiger partial charge in [-0.05, 0) is 42.5 Å². The van der Waals surface area contributed by atoms with Gasteiger partial charge >= 0.3 is 0 Å². The largest absolute Gasteiger partial charge is 0.325 e. The molecule has 3 heteroatoms. The van der Waals surface area contributed by atoms with Crippen LogP contribution in [0, 0.1) is 0 Å². The zero-order valence-electron chi connectivity index (χ0n) is 11.1. The first-order valence-corrected chi connectivity index (χ1v) is 6.77. The minimum Gasteiger partial charge on any atom is -0.325 e. The van der Waals surface area contributed by atoms with Crippen LogP contribution in [-0.2, 0) is 17.6 Å². The van der Waals surface area contributed by atoms with E-state index in [9.17, 15) is 4.79 Å². The Labute approximate surface area is 113 Å². The van der Waals surface area contributed by atoms with Crippen molar-refractivity contribution in [3.63, 3.8) is 0 Å². The average molecular weight is 254 g/mol. The number of hydrogen-bond donors (Lipinski definition) is 2. The second-order valence-electron chi connectivity index (χ2n) is 5.01. The summed E-state index contributed by atoms with van der Waals surface area (Å²) in [6, 6.07) is 10.5. The molecular weight excluding hydrogens is 236 g/mol. The minimum absolute atomic E-state index is 0.0630. The third-order valence-corrected chi connectivity index (χ3v) is 3.75. The van der Waals surface area contributed by atoms with E-state index in [2.05, 4.69) is 34.9 Å². The fraction of sp³-hybridized carbons (Fsp3) is 0.312. The summed E-state index contributed by atoms with van der Waals surface area (Å²) < 4.78 is 0. The minimum atomic E-state index is 0.0630. The predicted octanol–water partition coefficient (Wildman–Crippen LogP) is 2.49. The van der Waals surface area contributed by atoms with Gasteiger partial charge in [0.25, 0.3) is 0 Å². The number of aryl methyl sites for hydroxylation is 2. The highest BCUT2D eigenvalue weighted by Gasteiger charge is 2.16. The highest BCUT2D eigenvalue weighted by atomic mass is 16.1. The van der Waals surface area contributed by atoms with Crippen molar-refractivity contribution in [2.75, 3.05) is 18.9 Å². The summed E-state index contributed by atoms with van der Waals surface area (Å²) in [5.41, 5.74) is 3.74. The first-order valence-electron chi connectivity index (χ1n) is 6.77. The molecule has 2 N–H and O–H groups in total. The van der Waals surface area contributed by atoms with Crippen LogP contribution >= 0.6 is 0 Å². The molecule has 0 fully saturated rings. The van der Waals surface area contributed by atoms with Crippen LogP contribution in [0.2, 0.25) is 0 Å². The standard InChI is InChI=1S/C16H18N2O/c1-17-10-9-15(19)18-14-8-7-12-6-5-11-3-2-4-13(14)16(11)12/h2-4,7-8,17H,5-6,9-10H2,1H3,(H,18,19). The number of anilines is 1. The van der Waals surface area contributed by atoms with Crippen LogP contribution in [0.5, 0.6) is 0 Å². The number of benzene rings is 2. The van der Waals surface area contributed by atoms with Gasteiger partial charge in [-0.2, -0.15) is 0 Å². The van der Waals surface area contributed by atoms with Gasteiger partial charge in [0.15, 0.2) is 0 Å². The molecule has 0 spiro atoms. The maximum absolute atomic E-state index is 11.8. The molecule has 0 unspecified atom stereocenters. The molecule has 3 rings (SSSR count). The fourth-order valence-electron chi connectivity index (χ4n) is 2.81. The molecule has 98 valence electrons. The third kappa shape index (κ3) is 2.22. The van der Waals surface area contributed by atoms with Gasteiger partial charge in [0, 0.05) is 24.0 Å². The lowest BCUT2D eigenvalue weighted by atomic mass is 10.0. The Hall–Kier alpha value is -1.87. The summed E-state index contributed by atoms with van der Waals surface area (Å²) in [5, 5.41) is 8.53. The Balaban J connectivity index is 1.95. The molecule has 0 saturated heterocycles. The van der Waals surface area contributed by atoms with E-state index in [-0.39, 0.29) is 5.91 Å². The van der Waals surface area contributed by atoms with Gasteiger partial charge in [-0.3, -0.25) is 4.79 Å². The lowest BCUT2D eigenvalue weighted by Gasteiger charge is -2.10. The summed E-state index contributed by atoms with van der Waals surface area (Å²) in [6.07, 6.45) is 2.73. The van der Waals surface area contributed by atoms with Crippen LogP contribution < -0.4 is 10.6 Å². The fourth-order valence-corrected chi connectivity index (χ4v) is 2.81. The monoisotopic (exact) mass is 254 g/mol. The van der Waals surface area contributed by atoms with Gasteiger partial charge in [0.05, 0.1) is 0 Å². The van der Waals surface area contributed by atoms with Crippen molar-refractivity contribution in [1.29, 1.82) is 0 Å². The van der Waals surface area contributed by atoms with E-state index in [0.29, 0.717) is 13.0 Å². The second kappa shape index (κ2) is 5.02. The lowest BCUT2D eigenvalue weighted by molar-refractivity contribution is -0.116. The van der Waals surface area contributed by atoms with Crippen molar-refractivity contribution in [2.45, 2.75) is 19.3 Å². The summed E-state index contributed by atoms with van der Waals surface area (Å²) in [4.78, 5) is 11.8. The first kappa shape index (κ1) is 12.2. The molecule has 0 aromatic heterocycles. The number of rotatable bonds is 4. The van der Waals surface area contributed by atoms with Crippen LogP contribution in [-0.4, -0.2) is 19.5 Å². The van der Waals surface area contributed by atoms with E-state index < -0.39 is 0 Å². The molecule has 3 nitrogen and oxygen atoms in total. The molecule has 1 amide bonds. The topological polar surface area (TPSA) is 41.1 Å². The Morgan fingerprint density at radius 1 is 1.16 bits per heavy atom. The molecular formula is C16H18N2O. The summed E-state index contributed by atoms with van der Waals surface area (Å²) in [6.45, 7) is 0.701. The van der Waals surface area contributed by atoms with E-state index in [1.807, 2.05) is 13.1 Å². The van der Waals surface area contributed by atoms with Crippen molar-refractivity contribution >= 4 is 22.4 Å². The molecule has 0 saturated carbocycles. The maximum atomic E-state index is 11.8. The molecule has 1 aliphatic carbocycles. The quantitative estimate of drug-likeness (QED) is 0.880. The van der Waals surface area contributed by atoms with Crippen LogP contribution in [0.3, 0.4) is 0 Å². The summed E-state index contributed by atoms with van der Waals surface area (Å²) >= 11 is 0. The van der Waals surface area contributed by atoms with Crippen molar-refractivity contribution in [1.82, 2.24) is 5.32 Å². The van der Waals surface area contributed by atoms with Crippen molar-refractivity contribution in [3.05, 3.63) is 41.5 Å². The molecule has 0 heterocycles. The van der Waals surface area contributed by atoms with Crippen LogP contribution in [0.4, 0.5) is 5.69 Å². The van der Waals surface area contributed by atoms with Gasteiger partial charge in [-0.15, -0.1) is 0 Å². The highest BCUT2D eigenvalue weighted by Crippen LogP contribution is 2.34. The number of carbonyl (C=O) groups is 1. The van der Waals surface area contributed by atoms with Crippen molar-refractivity contribution in [3.8, 4) is 0 Å². The van der Waals surface area contributed by atoms with E-state index in [1.165, 1.54) is 21.9 Å². The van der Waals surface area contributed by atoms with Gasteiger partial charge in [0.1, 0.15) is 0 Å². The Bertz CT molecular complexity index is 624. The van der Waals surface area contributed by atoms with E-state index in [0.717, 1.165) is 18.5 Å². The van der Waals surface area contributed by atoms with Crippen LogP contribution in [0.15, 0.2) is 30.3 Å². The van der Waals surface area contributed by atoms with Gasteiger partial charge < -0.3 is 10.6 Å². The summed E-state index contributed by atoms with van der Waals surface area (Å²) in [7, 11) is 1.85. The zero-order valence-corrected chi connectivity index (χ0v) is 11.1. The molecule has 0 atom stereocenters. The Morgan fingerprint density at radius 2 is 1.95 bits per heavy atom. The number of amides is 1. The average Bonchev–Trinajstić information content (AvgIpc) is 2.85. The zero-order chi connectivity index (χ0) is 13.2. The van der Waals surface area contributed by atoms with Gasteiger partial charge in [0.2, 0.25) is 5.91 Å². The number of nitrogens with one attached hydrogen (secondary N) is 2. The van der Waals surface area contributed by atoms with Crippen molar-refractivity contribution < 1.29 is 4.79 Å². The molecule has 0 radical (unpaired) electrons. The Kier molecular flexibility index (Phi) is 3.22. The van der Waals surface area contributed by atoms with E-state index in [4.69, 9.17) is 0 Å². The van der Waals surface area contributed by atoms with E-state index in [1.54, 1.807) is 0 Å². The normalized spacial score (nSPS) is 12.9. The molecule has 0 bridgehead atoms. The predicted molar refractivity (Wildman–Crippen MR) is 78.5 cm³/mol. The molecule has 0 aliphatic heterocycles. The maximum Gasteiger partial charge on any atom is 0.225 e. The van der Waals surface area contributed by atoms with E-state index >= 15 is 0 Å². The molecule has 2 aromatic rings. The highest BCUT2D eigenvalue weighted by molar-refractivity contribution is 6.05.